The summed E-state index contributed by atoms with van der Waals surface area (Å²) in [5, 5.41) is 3.51. The molecule has 1 aromatic rings. The van der Waals surface area contributed by atoms with Gasteiger partial charge in [0.05, 0.1) is 13.2 Å². The van der Waals surface area contributed by atoms with E-state index in [1.807, 2.05) is 0 Å². The number of rotatable bonds is 5. The Morgan fingerprint density at radius 3 is 2.26 bits per heavy atom. The molecule has 2 unspecified atom stereocenters. The van der Waals surface area contributed by atoms with Crippen molar-refractivity contribution in [3.8, 4) is 0 Å². The topological polar surface area (TPSA) is 24.5 Å². The number of benzene rings is 1. The van der Waals surface area contributed by atoms with Crippen molar-refractivity contribution in [2.75, 3.05) is 33.4 Å². The molecular weight excluding hydrogens is 236 g/mol. The van der Waals surface area contributed by atoms with Gasteiger partial charge < -0.3 is 10.1 Å². The number of hydrogen-bond acceptors (Lipinski definition) is 3. The van der Waals surface area contributed by atoms with E-state index in [2.05, 4.69) is 61.4 Å². The largest absolute Gasteiger partial charge is 0.379 e. The van der Waals surface area contributed by atoms with Crippen LogP contribution in [0.3, 0.4) is 0 Å². The number of nitrogens with zero attached hydrogens (tertiary/aromatic N) is 1. The number of likely N-dealkylation sites (N-methyl/N-ethyl adjacent to an activating group) is 1. The van der Waals surface area contributed by atoms with Gasteiger partial charge in [-0.15, -0.1) is 0 Å². The Bertz CT molecular complexity index is 360. The molecule has 19 heavy (non-hydrogen) atoms. The highest BCUT2D eigenvalue weighted by Crippen LogP contribution is 2.27. The second-order valence-electron chi connectivity index (χ2n) is 5.56. The molecule has 0 radical (unpaired) electrons. The summed E-state index contributed by atoms with van der Waals surface area (Å²) in [5.74, 6) is 0.607. The van der Waals surface area contributed by atoms with Gasteiger partial charge in [0.2, 0.25) is 0 Å². The van der Waals surface area contributed by atoms with Gasteiger partial charge >= 0.3 is 0 Å². The predicted molar refractivity (Wildman–Crippen MR) is 79.3 cm³/mol. The lowest BCUT2D eigenvalue weighted by molar-refractivity contribution is -0.00359. The Balaban J connectivity index is 2.20. The predicted octanol–water partition coefficient (Wildman–Crippen LogP) is 2.30. The minimum absolute atomic E-state index is 0.374. The number of hydrogen-bond donors (Lipinski definition) is 1. The first-order valence-corrected chi connectivity index (χ1v) is 7.28. The molecule has 1 saturated heterocycles. The minimum Gasteiger partial charge on any atom is -0.379 e. The summed E-state index contributed by atoms with van der Waals surface area (Å²) in [6, 6.07) is 11.6. The van der Waals surface area contributed by atoms with E-state index in [0.717, 1.165) is 26.3 Å². The fourth-order valence-corrected chi connectivity index (χ4v) is 3.09. The number of ether oxygens (including phenoxy) is 1. The van der Waals surface area contributed by atoms with Crippen LogP contribution in [0.2, 0.25) is 0 Å². The molecule has 0 amide bonds. The molecule has 1 N–H and O–H groups in total. The summed E-state index contributed by atoms with van der Waals surface area (Å²) in [6.07, 6.45) is 0. The lowest BCUT2D eigenvalue weighted by Crippen LogP contribution is -2.51. The molecule has 0 saturated carbocycles. The Kier molecular flexibility index (Phi) is 5.37. The Labute approximate surface area is 116 Å². The molecular formula is C16H26N2O. The zero-order valence-corrected chi connectivity index (χ0v) is 12.3. The molecule has 0 aliphatic carbocycles. The normalized spacial score (nSPS) is 20.4. The maximum Gasteiger partial charge on any atom is 0.0594 e. The number of morpholine rings is 1. The summed E-state index contributed by atoms with van der Waals surface area (Å²) in [6.45, 7) is 8.41. The van der Waals surface area contributed by atoms with Crippen molar-refractivity contribution in [1.82, 2.24) is 10.2 Å². The average Bonchev–Trinajstić information content (AvgIpc) is 2.46. The molecule has 0 aromatic heterocycles. The lowest BCUT2D eigenvalue weighted by atomic mass is 9.89. The highest BCUT2D eigenvalue weighted by molar-refractivity contribution is 5.21. The monoisotopic (exact) mass is 262 g/mol. The van der Waals surface area contributed by atoms with Crippen molar-refractivity contribution in [2.24, 2.45) is 5.92 Å². The van der Waals surface area contributed by atoms with Crippen molar-refractivity contribution >= 4 is 0 Å². The molecule has 106 valence electrons. The third-order valence-corrected chi connectivity index (χ3v) is 3.96. The average molecular weight is 262 g/mol. The zero-order chi connectivity index (χ0) is 13.7. The lowest BCUT2D eigenvalue weighted by Gasteiger charge is -2.41. The zero-order valence-electron chi connectivity index (χ0n) is 12.3. The van der Waals surface area contributed by atoms with Crippen LogP contribution in [-0.4, -0.2) is 44.3 Å². The Morgan fingerprint density at radius 2 is 1.74 bits per heavy atom. The van der Waals surface area contributed by atoms with Crippen LogP contribution < -0.4 is 5.32 Å². The quantitative estimate of drug-likeness (QED) is 0.881. The molecule has 1 heterocycles. The fraction of sp³-hybridized carbons (Fsp3) is 0.625. The molecule has 1 aliphatic rings. The molecule has 3 heteroatoms. The molecule has 3 nitrogen and oxygen atoms in total. The first-order chi connectivity index (χ1) is 9.24. The van der Waals surface area contributed by atoms with Crippen LogP contribution in [0, 0.1) is 5.92 Å². The van der Waals surface area contributed by atoms with E-state index in [0.29, 0.717) is 18.0 Å². The molecule has 1 aromatic carbocycles. The van der Waals surface area contributed by atoms with E-state index in [1.54, 1.807) is 0 Å². The van der Waals surface area contributed by atoms with Gasteiger partial charge in [-0.2, -0.15) is 0 Å². The van der Waals surface area contributed by atoms with Gasteiger partial charge in [0.25, 0.3) is 0 Å². The van der Waals surface area contributed by atoms with Crippen molar-refractivity contribution in [2.45, 2.75) is 25.9 Å². The van der Waals surface area contributed by atoms with Crippen molar-refractivity contribution in [1.29, 1.82) is 0 Å². The van der Waals surface area contributed by atoms with Crippen LogP contribution in [-0.2, 0) is 4.74 Å². The van der Waals surface area contributed by atoms with Gasteiger partial charge in [-0.1, -0.05) is 44.2 Å². The number of nitrogens with one attached hydrogen (secondary N) is 1. The first kappa shape index (κ1) is 14.5. The third kappa shape index (κ3) is 3.56. The second kappa shape index (κ2) is 7.04. The van der Waals surface area contributed by atoms with E-state index in [1.165, 1.54) is 5.56 Å². The second-order valence-corrected chi connectivity index (χ2v) is 5.56. The third-order valence-electron chi connectivity index (χ3n) is 3.96. The summed E-state index contributed by atoms with van der Waals surface area (Å²) in [4.78, 5) is 2.57. The van der Waals surface area contributed by atoms with E-state index in [-0.39, 0.29) is 0 Å². The van der Waals surface area contributed by atoms with E-state index in [9.17, 15) is 0 Å². The standard InChI is InChI=1S/C16H26N2O/c1-13(2)16(18-9-11-19-12-10-18)15(17-3)14-7-5-4-6-8-14/h4-8,13,15-17H,9-12H2,1-3H3. The maximum atomic E-state index is 5.49. The smallest absolute Gasteiger partial charge is 0.0594 e. The Hall–Kier alpha value is -0.900. The molecule has 1 aliphatic heterocycles. The molecule has 2 rings (SSSR count). The van der Waals surface area contributed by atoms with Crippen molar-refractivity contribution < 1.29 is 4.74 Å². The van der Waals surface area contributed by atoms with Gasteiger partial charge in [-0.3, -0.25) is 4.90 Å². The molecule has 0 spiro atoms. The highest BCUT2D eigenvalue weighted by atomic mass is 16.5. The molecule has 1 fully saturated rings. The minimum atomic E-state index is 0.374. The van der Waals surface area contributed by atoms with E-state index >= 15 is 0 Å². The van der Waals surface area contributed by atoms with Crippen LogP contribution >= 0.6 is 0 Å². The molecule has 0 bridgehead atoms. The highest BCUT2D eigenvalue weighted by Gasteiger charge is 2.31. The van der Waals surface area contributed by atoms with Gasteiger partial charge in [-0.05, 0) is 18.5 Å². The SMILES string of the molecule is CNC(c1ccccc1)C(C(C)C)N1CCOCC1. The van der Waals surface area contributed by atoms with Gasteiger partial charge in [-0.25, -0.2) is 0 Å². The first-order valence-electron chi connectivity index (χ1n) is 7.28. The van der Waals surface area contributed by atoms with E-state index in [4.69, 9.17) is 4.74 Å². The van der Waals surface area contributed by atoms with E-state index < -0.39 is 0 Å². The fourth-order valence-electron chi connectivity index (χ4n) is 3.09. The van der Waals surface area contributed by atoms with Crippen LogP contribution in [0.15, 0.2) is 30.3 Å². The van der Waals surface area contributed by atoms with Crippen LogP contribution in [0.4, 0.5) is 0 Å². The van der Waals surface area contributed by atoms with Gasteiger partial charge in [0, 0.05) is 25.2 Å². The van der Waals surface area contributed by atoms with Crippen LogP contribution in [0.1, 0.15) is 25.5 Å². The summed E-state index contributed by atoms with van der Waals surface area (Å²) >= 11 is 0. The summed E-state index contributed by atoms with van der Waals surface area (Å²) in [7, 11) is 2.06. The maximum absolute atomic E-state index is 5.49. The van der Waals surface area contributed by atoms with Crippen LogP contribution in [0.5, 0.6) is 0 Å². The van der Waals surface area contributed by atoms with Crippen LogP contribution in [0.25, 0.3) is 0 Å². The van der Waals surface area contributed by atoms with Gasteiger partial charge in [0.1, 0.15) is 0 Å². The summed E-state index contributed by atoms with van der Waals surface area (Å²) in [5.41, 5.74) is 1.37. The van der Waals surface area contributed by atoms with Gasteiger partial charge in [0.15, 0.2) is 0 Å². The summed E-state index contributed by atoms with van der Waals surface area (Å²) < 4.78 is 5.49. The Morgan fingerprint density at radius 1 is 1.11 bits per heavy atom. The van der Waals surface area contributed by atoms with Crippen molar-refractivity contribution in [3.05, 3.63) is 35.9 Å². The molecule has 2 atom stereocenters. The van der Waals surface area contributed by atoms with Crippen molar-refractivity contribution in [3.63, 3.8) is 0 Å².